The van der Waals surface area contributed by atoms with Crippen LogP contribution in [0.25, 0.3) is 6.08 Å². The van der Waals surface area contributed by atoms with E-state index in [1.807, 2.05) is 12.1 Å². The summed E-state index contributed by atoms with van der Waals surface area (Å²) in [5.74, 6) is 1.64. The molecule has 0 atom stereocenters. The van der Waals surface area contributed by atoms with Gasteiger partial charge in [-0.25, -0.2) is 0 Å². The van der Waals surface area contributed by atoms with Gasteiger partial charge in [-0.1, -0.05) is 57.6 Å². The van der Waals surface area contributed by atoms with Crippen LogP contribution in [-0.4, -0.2) is 31.6 Å². The van der Waals surface area contributed by atoms with E-state index in [0.29, 0.717) is 35.1 Å². The van der Waals surface area contributed by atoms with Crippen LogP contribution in [0.1, 0.15) is 67.9 Å². The number of hydrogen-bond donors (Lipinski definition) is 0. The molecule has 0 N–H and O–H groups in total. The average Bonchev–Trinajstić information content (AvgIpc) is 2.79. The van der Waals surface area contributed by atoms with Crippen molar-refractivity contribution in [1.29, 1.82) is 0 Å². The summed E-state index contributed by atoms with van der Waals surface area (Å²) in [5.41, 5.74) is 1.15. The quantitative estimate of drug-likeness (QED) is 0.213. The lowest BCUT2D eigenvalue weighted by molar-refractivity contribution is 0.104. The molecule has 0 fully saturated rings. The third kappa shape index (κ3) is 7.54. The highest BCUT2D eigenvalue weighted by atomic mass is 16.5. The van der Waals surface area contributed by atoms with E-state index in [1.165, 1.54) is 38.2 Å². The molecule has 0 spiro atoms. The molecule has 1 aromatic carbocycles. The van der Waals surface area contributed by atoms with Crippen LogP contribution in [0.4, 0.5) is 0 Å². The zero-order chi connectivity index (χ0) is 21.6. The van der Waals surface area contributed by atoms with Crippen LogP contribution in [-0.2, 0) is 0 Å². The van der Waals surface area contributed by atoms with E-state index < -0.39 is 0 Å². The number of rotatable bonds is 14. The predicted molar refractivity (Wildman–Crippen MR) is 121 cm³/mol. The second kappa shape index (κ2) is 13.4. The number of nitrogens with zero attached hydrogens (tertiary/aromatic N) is 1. The van der Waals surface area contributed by atoms with Crippen LogP contribution in [0.15, 0.2) is 42.6 Å². The van der Waals surface area contributed by atoms with Gasteiger partial charge in [0, 0.05) is 6.07 Å². The van der Waals surface area contributed by atoms with Gasteiger partial charge in [-0.2, -0.15) is 0 Å². The van der Waals surface area contributed by atoms with E-state index >= 15 is 0 Å². The molecule has 0 radical (unpaired) electrons. The lowest BCUT2D eigenvalue weighted by Crippen LogP contribution is -2.01. The van der Waals surface area contributed by atoms with Gasteiger partial charge in [0.05, 0.1) is 38.3 Å². The van der Waals surface area contributed by atoms with Crippen LogP contribution >= 0.6 is 0 Å². The van der Waals surface area contributed by atoms with Gasteiger partial charge < -0.3 is 14.2 Å². The van der Waals surface area contributed by atoms with E-state index in [9.17, 15) is 4.79 Å². The van der Waals surface area contributed by atoms with E-state index in [1.54, 1.807) is 44.7 Å². The Balaban J connectivity index is 1.93. The lowest BCUT2D eigenvalue weighted by Gasteiger charge is -2.11. The van der Waals surface area contributed by atoms with Gasteiger partial charge in [0.15, 0.2) is 17.3 Å². The number of ether oxygens (including phenoxy) is 3. The maximum absolute atomic E-state index is 12.5. The number of aromatic nitrogens is 1. The molecule has 0 amide bonds. The summed E-state index contributed by atoms with van der Waals surface area (Å²) in [4.78, 5) is 16.8. The molecule has 0 saturated heterocycles. The van der Waals surface area contributed by atoms with Gasteiger partial charge in [0.25, 0.3) is 0 Å². The summed E-state index contributed by atoms with van der Waals surface area (Å²) < 4.78 is 16.5. The van der Waals surface area contributed by atoms with Crippen molar-refractivity contribution in [2.75, 3.05) is 20.8 Å². The number of carbonyl (C=O) groups is 1. The highest BCUT2D eigenvalue weighted by Gasteiger charge is 2.09. The van der Waals surface area contributed by atoms with Crippen LogP contribution < -0.4 is 14.2 Å². The van der Waals surface area contributed by atoms with Gasteiger partial charge in [-0.3, -0.25) is 9.78 Å². The Morgan fingerprint density at radius 2 is 1.63 bits per heavy atom. The minimum absolute atomic E-state index is 0.143. The van der Waals surface area contributed by atoms with Crippen molar-refractivity contribution in [2.45, 2.75) is 51.9 Å². The van der Waals surface area contributed by atoms with Crippen molar-refractivity contribution < 1.29 is 19.0 Å². The average molecular weight is 412 g/mol. The van der Waals surface area contributed by atoms with Gasteiger partial charge in [-0.05, 0) is 30.7 Å². The maximum Gasteiger partial charge on any atom is 0.189 e. The number of ketones is 1. The summed E-state index contributed by atoms with van der Waals surface area (Å²) in [6, 6.07) is 8.95. The summed E-state index contributed by atoms with van der Waals surface area (Å²) >= 11 is 0. The third-order valence-corrected chi connectivity index (χ3v) is 4.86. The Kier molecular flexibility index (Phi) is 10.5. The summed E-state index contributed by atoms with van der Waals surface area (Å²) in [6.07, 6.45) is 13.4. The maximum atomic E-state index is 12.5. The number of hydrogen-bond acceptors (Lipinski definition) is 5. The monoisotopic (exact) mass is 411 g/mol. The Morgan fingerprint density at radius 1 is 0.933 bits per heavy atom. The van der Waals surface area contributed by atoms with Crippen molar-refractivity contribution in [3.8, 4) is 17.2 Å². The van der Waals surface area contributed by atoms with Crippen LogP contribution in [0.2, 0.25) is 0 Å². The first-order valence-electron chi connectivity index (χ1n) is 10.7. The second-order valence-electron chi connectivity index (χ2n) is 7.13. The minimum Gasteiger partial charge on any atom is -0.496 e. The molecular weight excluding hydrogens is 378 g/mol. The SMILES string of the molecule is CCCCCCCCCOc1cc(C=CC(=O)c2ccccc2OC)ncc1OC. The lowest BCUT2D eigenvalue weighted by atomic mass is 10.1. The molecule has 1 heterocycles. The molecule has 0 saturated carbocycles. The van der Waals surface area contributed by atoms with Crippen molar-refractivity contribution >= 4 is 11.9 Å². The van der Waals surface area contributed by atoms with Crippen molar-refractivity contribution in [3.05, 3.63) is 53.9 Å². The van der Waals surface area contributed by atoms with Gasteiger partial charge in [0.1, 0.15) is 5.75 Å². The fourth-order valence-electron chi connectivity index (χ4n) is 3.14. The number of benzene rings is 1. The fraction of sp³-hybridized carbons (Fsp3) is 0.440. The fourth-order valence-corrected chi connectivity index (χ4v) is 3.14. The van der Waals surface area contributed by atoms with Gasteiger partial charge >= 0.3 is 0 Å². The first-order chi connectivity index (χ1) is 14.7. The Bertz CT molecular complexity index is 817. The Hall–Kier alpha value is -2.82. The third-order valence-electron chi connectivity index (χ3n) is 4.86. The first kappa shape index (κ1) is 23.5. The first-order valence-corrected chi connectivity index (χ1v) is 10.7. The topological polar surface area (TPSA) is 57.7 Å². The molecule has 1 aromatic heterocycles. The number of methoxy groups -OCH3 is 2. The number of unbranched alkanes of at least 4 members (excludes halogenated alkanes) is 6. The van der Waals surface area contributed by atoms with Crippen LogP contribution in [0.3, 0.4) is 0 Å². The molecule has 0 aliphatic heterocycles. The molecule has 0 unspecified atom stereocenters. The Labute approximate surface area is 180 Å². The zero-order valence-corrected chi connectivity index (χ0v) is 18.4. The van der Waals surface area contributed by atoms with Gasteiger partial charge in [-0.15, -0.1) is 0 Å². The molecular formula is C25H33NO4. The number of pyridine rings is 1. The van der Waals surface area contributed by atoms with E-state index in [-0.39, 0.29) is 5.78 Å². The molecule has 0 aliphatic carbocycles. The van der Waals surface area contributed by atoms with Crippen molar-refractivity contribution in [2.24, 2.45) is 0 Å². The highest BCUT2D eigenvalue weighted by Crippen LogP contribution is 2.27. The predicted octanol–water partition coefficient (Wildman–Crippen LogP) is 6.12. The molecule has 5 nitrogen and oxygen atoms in total. The van der Waals surface area contributed by atoms with Gasteiger partial charge in [0.2, 0.25) is 0 Å². The standard InChI is InChI=1S/C25H33NO4/c1-4-5-6-7-8-9-12-17-30-24-18-20(26-19-25(24)29-3)15-16-22(27)21-13-10-11-14-23(21)28-2/h10-11,13-16,18-19H,4-9,12,17H2,1-3H3. The summed E-state index contributed by atoms with van der Waals surface area (Å²) in [7, 11) is 3.15. The largest absolute Gasteiger partial charge is 0.496 e. The number of para-hydroxylation sites is 1. The van der Waals surface area contributed by atoms with E-state index in [2.05, 4.69) is 11.9 Å². The van der Waals surface area contributed by atoms with E-state index in [0.717, 1.165) is 12.8 Å². The van der Waals surface area contributed by atoms with Crippen LogP contribution in [0, 0.1) is 0 Å². The molecule has 30 heavy (non-hydrogen) atoms. The molecule has 2 aromatic rings. The molecule has 5 heteroatoms. The molecule has 0 bridgehead atoms. The second-order valence-corrected chi connectivity index (χ2v) is 7.13. The van der Waals surface area contributed by atoms with E-state index in [4.69, 9.17) is 14.2 Å². The smallest absolute Gasteiger partial charge is 0.189 e. The molecule has 0 aliphatic rings. The molecule has 162 valence electrons. The minimum atomic E-state index is -0.143. The zero-order valence-electron chi connectivity index (χ0n) is 18.4. The van der Waals surface area contributed by atoms with Crippen molar-refractivity contribution in [1.82, 2.24) is 4.98 Å². The number of allylic oxidation sites excluding steroid dienone is 1. The van der Waals surface area contributed by atoms with Crippen molar-refractivity contribution in [3.63, 3.8) is 0 Å². The normalized spacial score (nSPS) is 10.9. The van der Waals surface area contributed by atoms with Crippen LogP contribution in [0.5, 0.6) is 17.2 Å². The Morgan fingerprint density at radius 3 is 2.37 bits per heavy atom. The summed E-state index contributed by atoms with van der Waals surface area (Å²) in [6.45, 7) is 2.87. The number of carbonyl (C=O) groups excluding carboxylic acids is 1. The molecule has 2 rings (SSSR count). The highest BCUT2D eigenvalue weighted by molar-refractivity contribution is 6.08. The summed E-state index contributed by atoms with van der Waals surface area (Å²) in [5, 5.41) is 0.